The molecule has 0 aromatic heterocycles. The highest BCUT2D eigenvalue weighted by Gasteiger charge is 2.13. The van der Waals surface area contributed by atoms with E-state index in [1.165, 1.54) is 0 Å². The minimum atomic E-state index is -0.206. The van der Waals surface area contributed by atoms with Crippen molar-refractivity contribution in [1.82, 2.24) is 10.6 Å². The van der Waals surface area contributed by atoms with E-state index in [0.717, 1.165) is 22.6 Å². The van der Waals surface area contributed by atoms with Crippen LogP contribution in [0, 0.1) is 0 Å². The summed E-state index contributed by atoms with van der Waals surface area (Å²) in [7, 11) is 1.64. The van der Waals surface area contributed by atoms with Crippen molar-refractivity contribution < 1.29 is 19.0 Å². The molecule has 0 aliphatic carbocycles. The zero-order chi connectivity index (χ0) is 16.8. The van der Waals surface area contributed by atoms with E-state index in [1.807, 2.05) is 42.5 Å². The van der Waals surface area contributed by atoms with Gasteiger partial charge >= 0.3 is 6.03 Å². The second-order valence-electron chi connectivity index (χ2n) is 5.36. The van der Waals surface area contributed by atoms with Crippen LogP contribution in [0.15, 0.2) is 42.5 Å². The summed E-state index contributed by atoms with van der Waals surface area (Å²) >= 11 is 0. The van der Waals surface area contributed by atoms with Gasteiger partial charge in [-0.25, -0.2) is 4.79 Å². The third-order valence-electron chi connectivity index (χ3n) is 3.76. The fourth-order valence-corrected chi connectivity index (χ4v) is 2.52. The summed E-state index contributed by atoms with van der Waals surface area (Å²) < 4.78 is 15.9. The second kappa shape index (κ2) is 7.59. The molecule has 0 fully saturated rings. The minimum absolute atomic E-state index is 0.206. The van der Waals surface area contributed by atoms with E-state index in [4.69, 9.17) is 14.2 Å². The topological polar surface area (TPSA) is 68.8 Å². The Hall–Kier alpha value is -2.89. The quantitative estimate of drug-likeness (QED) is 0.855. The Balaban J connectivity index is 1.43. The Labute approximate surface area is 140 Å². The predicted octanol–water partition coefficient (Wildman–Crippen LogP) is 2.47. The molecule has 1 aliphatic heterocycles. The molecule has 0 saturated carbocycles. The van der Waals surface area contributed by atoms with Gasteiger partial charge in [-0.2, -0.15) is 0 Å². The summed E-state index contributed by atoms with van der Waals surface area (Å²) in [4.78, 5) is 11.9. The molecule has 6 nitrogen and oxygen atoms in total. The molecule has 0 atom stereocenters. The van der Waals surface area contributed by atoms with Crippen LogP contribution >= 0.6 is 0 Å². The molecule has 6 heteroatoms. The van der Waals surface area contributed by atoms with Crippen molar-refractivity contribution in [2.75, 3.05) is 20.4 Å². The molecule has 126 valence electrons. The van der Waals surface area contributed by atoms with Gasteiger partial charge in [0.25, 0.3) is 0 Å². The van der Waals surface area contributed by atoms with Gasteiger partial charge in [0.1, 0.15) is 5.75 Å². The first kappa shape index (κ1) is 16.0. The monoisotopic (exact) mass is 328 g/mol. The number of nitrogens with one attached hydrogen (secondary N) is 2. The summed E-state index contributed by atoms with van der Waals surface area (Å²) in [6, 6.07) is 13.2. The van der Waals surface area contributed by atoms with Crippen molar-refractivity contribution in [3.63, 3.8) is 0 Å². The van der Waals surface area contributed by atoms with Crippen molar-refractivity contribution >= 4 is 6.03 Å². The SMILES string of the molecule is COc1ccccc1CCNC(=O)NCc1ccc2c(c1)OCO2. The predicted molar refractivity (Wildman–Crippen MR) is 89.5 cm³/mol. The number of ether oxygens (including phenoxy) is 3. The lowest BCUT2D eigenvalue weighted by atomic mass is 10.1. The summed E-state index contributed by atoms with van der Waals surface area (Å²) in [6.45, 7) is 1.21. The molecular weight excluding hydrogens is 308 g/mol. The fourth-order valence-electron chi connectivity index (χ4n) is 2.52. The highest BCUT2D eigenvalue weighted by Crippen LogP contribution is 2.32. The van der Waals surface area contributed by atoms with E-state index >= 15 is 0 Å². The molecule has 0 spiro atoms. The van der Waals surface area contributed by atoms with Crippen LogP contribution in [0.5, 0.6) is 17.2 Å². The Morgan fingerprint density at radius 1 is 1.12 bits per heavy atom. The van der Waals surface area contributed by atoms with Crippen molar-refractivity contribution in [3.8, 4) is 17.2 Å². The maximum absolute atomic E-state index is 11.9. The van der Waals surface area contributed by atoms with Crippen LogP contribution in [-0.2, 0) is 13.0 Å². The van der Waals surface area contributed by atoms with Crippen LogP contribution in [-0.4, -0.2) is 26.5 Å². The van der Waals surface area contributed by atoms with Crippen molar-refractivity contribution in [2.24, 2.45) is 0 Å². The molecule has 2 aromatic carbocycles. The summed E-state index contributed by atoms with van der Waals surface area (Å²) in [5, 5.41) is 5.67. The molecular formula is C18H20N2O4. The molecule has 1 heterocycles. The Morgan fingerprint density at radius 3 is 2.83 bits per heavy atom. The third kappa shape index (κ3) is 3.90. The molecule has 0 saturated heterocycles. The van der Waals surface area contributed by atoms with Gasteiger partial charge in [0.15, 0.2) is 11.5 Å². The summed E-state index contributed by atoms with van der Waals surface area (Å²) in [6.07, 6.45) is 0.710. The highest BCUT2D eigenvalue weighted by molar-refractivity contribution is 5.73. The molecule has 2 amide bonds. The van der Waals surface area contributed by atoms with E-state index in [-0.39, 0.29) is 12.8 Å². The van der Waals surface area contributed by atoms with Crippen LogP contribution in [0.25, 0.3) is 0 Å². The summed E-state index contributed by atoms with van der Waals surface area (Å²) in [5.74, 6) is 2.28. The maximum atomic E-state index is 11.9. The van der Waals surface area contributed by atoms with Gasteiger partial charge in [0.05, 0.1) is 7.11 Å². The van der Waals surface area contributed by atoms with Gasteiger partial charge in [0, 0.05) is 13.1 Å². The number of methoxy groups -OCH3 is 1. The van der Waals surface area contributed by atoms with E-state index in [1.54, 1.807) is 7.11 Å². The Kier molecular flexibility index (Phi) is 5.05. The molecule has 1 aliphatic rings. The first-order chi connectivity index (χ1) is 11.8. The van der Waals surface area contributed by atoms with Crippen LogP contribution in [0.3, 0.4) is 0 Å². The molecule has 0 radical (unpaired) electrons. The zero-order valence-electron chi connectivity index (χ0n) is 13.5. The number of hydrogen-bond donors (Lipinski definition) is 2. The number of urea groups is 1. The largest absolute Gasteiger partial charge is 0.496 e. The Bertz CT molecular complexity index is 718. The number of carbonyl (C=O) groups is 1. The summed E-state index contributed by atoms with van der Waals surface area (Å²) in [5.41, 5.74) is 2.02. The maximum Gasteiger partial charge on any atom is 0.315 e. The number of para-hydroxylation sites is 1. The van der Waals surface area contributed by atoms with E-state index < -0.39 is 0 Å². The van der Waals surface area contributed by atoms with Crippen LogP contribution < -0.4 is 24.8 Å². The molecule has 24 heavy (non-hydrogen) atoms. The number of benzene rings is 2. The Morgan fingerprint density at radius 2 is 1.96 bits per heavy atom. The van der Waals surface area contributed by atoms with Gasteiger partial charge in [-0.05, 0) is 35.7 Å². The van der Waals surface area contributed by atoms with Crippen molar-refractivity contribution in [3.05, 3.63) is 53.6 Å². The molecule has 0 bridgehead atoms. The molecule has 2 N–H and O–H groups in total. The van der Waals surface area contributed by atoms with Gasteiger partial charge in [-0.1, -0.05) is 24.3 Å². The van der Waals surface area contributed by atoms with Crippen molar-refractivity contribution in [2.45, 2.75) is 13.0 Å². The first-order valence-corrected chi connectivity index (χ1v) is 7.78. The average molecular weight is 328 g/mol. The van der Waals surface area contributed by atoms with E-state index in [9.17, 15) is 4.79 Å². The molecule has 3 rings (SSSR count). The number of amides is 2. The van der Waals surface area contributed by atoms with Gasteiger partial charge in [-0.3, -0.25) is 0 Å². The fraction of sp³-hybridized carbons (Fsp3) is 0.278. The van der Waals surface area contributed by atoms with Crippen LogP contribution in [0.2, 0.25) is 0 Å². The van der Waals surface area contributed by atoms with Gasteiger partial charge in [-0.15, -0.1) is 0 Å². The van der Waals surface area contributed by atoms with Gasteiger partial charge in [0.2, 0.25) is 6.79 Å². The van der Waals surface area contributed by atoms with Crippen molar-refractivity contribution in [1.29, 1.82) is 0 Å². The zero-order valence-corrected chi connectivity index (χ0v) is 13.5. The number of carbonyl (C=O) groups excluding carboxylic acids is 1. The number of hydrogen-bond acceptors (Lipinski definition) is 4. The number of rotatable bonds is 6. The van der Waals surface area contributed by atoms with E-state index in [2.05, 4.69) is 10.6 Å². The lowest BCUT2D eigenvalue weighted by molar-refractivity contribution is 0.174. The van der Waals surface area contributed by atoms with Crippen LogP contribution in [0.4, 0.5) is 4.79 Å². The first-order valence-electron chi connectivity index (χ1n) is 7.78. The lowest BCUT2D eigenvalue weighted by Crippen LogP contribution is -2.36. The second-order valence-corrected chi connectivity index (χ2v) is 5.36. The van der Waals surface area contributed by atoms with Crippen LogP contribution in [0.1, 0.15) is 11.1 Å². The molecule has 0 unspecified atom stereocenters. The highest BCUT2D eigenvalue weighted by atomic mass is 16.7. The smallest absolute Gasteiger partial charge is 0.315 e. The van der Waals surface area contributed by atoms with E-state index in [0.29, 0.717) is 25.3 Å². The lowest BCUT2D eigenvalue weighted by Gasteiger charge is -2.10. The third-order valence-corrected chi connectivity index (χ3v) is 3.76. The standard InChI is InChI=1S/C18H20N2O4/c1-22-15-5-3-2-4-14(15)8-9-19-18(21)20-11-13-6-7-16-17(10-13)24-12-23-16/h2-7,10H,8-9,11-12H2,1H3,(H2,19,20,21). The average Bonchev–Trinajstić information content (AvgIpc) is 3.08. The molecule has 2 aromatic rings. The number of fused-ring (bicyclic) bond motifs is 1. The normalized spacial score (nSPS) is 11.9. The van der Waals surface area contributed by atoms with Gasteiger partial charge < -0.3 is 24.8 Å². The minimum Gasteiger partial charge on any atom is -0.496 e.